The van der Waals surface area contributed by atoms with Crippen molar-refractivity contribution < 1.29 is 4.74 Å². The lowest BCUT2D eigenvalue weighted by Crippen LogP contribution is -1.92. The smallest absolute Gasteiger partial charge is 0.304 e. The molecular formula is C10H9NO2S. The van der Waals surface area contributed by atoms with Crippen LogP contribution in [0.25, 0.3) is 11.3 Å². The normalized spacial score (nSPS) is 10.1. The first-order chi connectivity index (χ1) is 6.79. The van der Waals surface area contributed by atoms with Crippen molar-refractivity contribution in [2.75, 3.05) is 7.11 Å². The van der Waals surface area contributed by atoms with Crippen LogP contribution >= 0.6 is 11.3 Å². The largest absolute Gasteiger partial charge is 0.497 e. The Kier molecular flexibility index (Phi) is 2.37. The van der Waals surface area contributed by atoms with E-state index in [1.54, 1.807) is 7.11 Å². The highest BCUT2D eigenvalue weighted by Gasteiger charge is 2.00. The molecule has 0 atom stereocenters. The van der Waals surface area contributed by atoms with E-state index in [9.17, 15) is 4.79 Å². The van der Waals surface area contributed by atoms with Crippen LogP contribution in [0.5, 0.6) is 5.75 Å². The number of H-pyrrole nitrogens is 1. The van der Waals surface area contributed by atoms with Gasteiger partial charge in [0, 0.05) is 5.38 Å². The zero-order valence-electron chi connectivity index (χ0n) is 7.61. The number of aromatic nitrogens is 1. The minimum atomic E-state index is -0.0316. The summed E-state index contributed by atoms with van der Waals surface area (Å²) in [5.41, 5.74) is 1.84. The minimum absolute atomic E-state index is 0.0316. The summed E-state index contributed by atoms with van der Waals surface area (Å²) in [7, 11) is 1.63. The van der Waals surface area contributed by atoms with Crippen LogP contribution in [-0.4, -0.2) is 12.1 Å². The third-order valence-electron chi connectivity index (χ3n) is 1.92. The van der Waals surface area contributed by atoms with E-state index in [1.807, 2.05) is 29.6 Å². The highest BCUT2D eigenvalue weighted by molar-refractivity contribution is 7.07. The van der Waals surface area contributed by atoms with Gasteiger partial charge in [-0.05, 0) is 29.8 Å². The number of hydrogen-bond acceptors (Lipinski definition) is 3. The Morgan fingerprint density at radius 3 is 2.50 bits per heavy atom. The van der Waals surface area contributed by atoms with Crippen LogP contribution in [0.3, 0.4) is 0 Å². The van der Waals surface area contributed by atoms with Gasteiger partial charge in [0.25, 0.3) is 0 Å². The Balaban J connectivity index is 2.38. The molecule has 0 saturated carbocycles. The van der Waals surface area contributed by atoms with Gasteiger partial charge in [-0.15, -0.1) is 0 Å². The van der Waals surface area contributed by atoms with Crippen LogP contribution in [-0.2, 0) is 0 Å². The molecule has 1 aromatic heterocycles. The molecule has 0 fully saturated rings. The Morgan fingerprint density at radius 2 is 2.00 bits per heavy atom. The molecule has 2 aromatic rings. The molecule has 14 heavy (non-hydrogen) atoms. The fraction of sp³-hybridized carbons (Fsp3) is 0.100. The molecule has 0 spiro atoms. The molecule has 1 heterocycles. The number of ether oxygens (including phenoxy) is 1. The zero-order chi connectivity index (χ0) is 9.97. The van der Waals surface area contributed by atoms with Crippen LogP contribution in [0.2, 0.25) is 0 Å². The molecule has 0 unspecified atom stereocenters. The summed E-state index contributed by atoms with van der Waals surface area (Å²) in [5.74, 6) is 0.811. The van der Waals surface area contributed by atoms with Gasteiger partial charge >= 0.3 is 4.87 Å². The number of nitrogens with one attached hydrogen (secondary N) is 1. The first kappa shape index (κ1) is 9.02. The quantitative estimate of drug-likeness (QED) is 0.819. The summed E-state index contributed by atoms with van der Waals surface area (Å²) < 4.78 is 5.04. The maximum atomic E-state index is 10.9. The van der Waals surface area contributed by atoms with Crippen molar-refractivity contribution in [3.8, 4) is 17.0 Å². The lowest BCUT2D eigenvalue weighted by atomic mass is 10.2. The molecule has 1 aromatic carbocycles. The second-order valence-corrected chi connectivity index (χ2v) is 3.63. The molecule has 0 saturated heterocycles. The monoisotopic (exact) mass is 207 g/mol. The number of methoxy groups -OCH3 is 1. The summed E-state index contributed by atoms with van der Waals surface area (Å²) in [6.45, 7) is 0. The van der Waals surface area contributed by atoms with Gasteiger partial charge < -0.3 is 9.72 Å². The van der Waals surface area contributed by atoms with E-state index in [2.05, 4.69) is 4.98 Å². The maximum Gasteiger partial charge on any atom is 0.304 e. The van der Waals surface area contributed by atoms with Gasteiger partial charge in [-0.3, -0.25) is 4.79 Å². The van der Waals surface area contributed by atoms with E-state index >= 15 is 0 Å². The Bertz CT molecular complexity index is 469. The average molecular weight is 207 g/mol. The van der Waals surface area contributed by atoms with E-state index in [-0.39, 0.29) is 4.87 Å². The topological polar surface area (TPSA) is 42.1 Å². The number of aromatic amines is 1. The maximum absolute atomic E-state index is 10.9. The average Bonchev–Trinajstić information content (AvgIpc) is 2.65. The third-order valence-corrected chi connectivity index (χ3v) is 2.59. The number of hydrogen-bond donors (Lipinski definition) is 1. The van der Waals surface area contributed by atoms with Crippen molar-refractivity contribution in [3.05, 3.63) is 39.3 Å². The molecule has 0 amide bonds. The van der Waals surface area contributed by atoms with Crippen molar-refractivity contribution in [1.29, 1.82) is 0 Å². The summed E-state index contributed by atoms with van der Waals surface area (Å²) in [4.78, 5) is 13.6. The van der Waals surface area contributed by atoms with Crippen LogP contribution in [0, 0.1) is 0 Å². The molecule has 3 nitrogen and oxygen atoms in total. The minimum Gasteiger partial charge on any atom is -0.497 e. The summed E-state index contributed by atoms with van der Waals surface area (Å²) in [6.07, 6.45) is 0. The van der Waals surface area contributed by atoms with Crippen LogP contribution in [0.15, 0.2) is 34.4 Å². The SMILES string of the molecule is COc1ccc(-c2csc(=O)[nH]2)cc1. The summed E-state index contributed by atoms with van der Waals surface area (Å²) in [6, 6.07) is 7.56. The molecule has 2 rings (SSSR count). The lowest BCUT2D eigenvalue weighted by Gasteiger charge is -2.00. The standard InChI is InChI=1S/C10H9NO2S/c1-13-8-4-2-7(3-5-8)9-6-14-10(12)11-9/h2-6H,1H3,(H,11,12). The van der Waals surface area contributed by atoms with Crippen molar-refractivity contribution >= 4 is 11.3 Å². The first-order valence-corrected chi connectivity index (χ1v) is 5.00. The molecule has 72 valence electrons. The fourth-order valence-corrected chi connectivity index (χ4v) is 1.78. The van der Waals surface area contributed by atoms with E-state index in [0.717, 1.165) is 17.0 Å². The van der Waals surface area contributed by atoms with E-state index in [0.29, 0.717) is 0 Å². The second kappa shape index (κ2) is 3.67. The second-order valence-electron chi connectivity index (χ2n) is 2.79. The van der Waals surface area contributed by atoms with Crippen molar-refractivity contribution in [1.82, 2.24) is 4.98 Å². The van der Waals surface area contributed by atoms with E-state index in [4.69, 9.17) is 4.74 Å². The van der Waals surface area contributed by atoms with Gasteiger partial charge in [-0.1, -0.05) is 11.3 Å². The van der Waals surface area contributed by atoms with Gasteiger partial charge in [0.05, 0.1) is 12.8 Å². The molecule has 0 aliphatic carbocycles. The van der Waals surface area contributed by atoms with E-state index < -0.39 is 0 Å². The van der Waals surface area contributed by atoms with Gasteiger partial charge in [0.15, 0.2) is 0 Å². The van der Waals surface area contributed by atoms with Crippen molar-refractivity contribution in [2.45, 2.75) is 0 Å². The highest BCUT2D eigenvalue weighted by atomic mass is 32.1. The molecule has 0 radical (unpaired) electrons. The lowest BCUT2D eigenvalue weighted by molar-refractivity contribution is 0.415. The van der Waals surface area contributed by atoms with E-state index in [1.165, 1.54) is 11.3 Å². The number of benzene rings is 1. The molecule has 0 aliphatic heterocycles. The van der Waals surface area contributed by atoms with Gasteiger partial charge in [0.1, 0.15) is 5.75 Å². The number of rotatable bonds is 2. The molecular weight excluding hydrogens is 198 g/mol. The van der Waals surface area contributed by atoms with Crippen molar-refractivity contribution in [2.24, 2.45) is 0 Å². The molecule has 1 N–H and O–H groups in total. The molecule has 4 heteroatoms. The van der Waals surface area contributed by atoms with Crippen molar-refractivity contribution in [3.63, 3.8) is 0 Å². The predicted octanol–water partition coefficient (Wildman–Crippen LogP) is 2.11. The Morgan fingerprint density at radius 1 is 1.29 bits per heavy atom. The molecule has 0 bridgehead atoms. The van der Waals surface area contributed by atoms with Crippen LogP contribution in [0.4, 0.5) is 0 Å². The third kappa shape index (κ3) is 1.70. The van der Waals surface area contributed by atoms with Crippen LogP contribution < -0.4 is 9.61 Å². The molecule has 0 aliphatic rings. The first-order valence-electron chi connectivity index (χ1n) is 4.12. The fourth-order valence-electron chi connectivity index (χ4n) is 1.19. The Hall–Kier alpha value is -1.55. The summed E-state index contributed by atoms with van der Waals surface area (Å²) in [5, 5.41) is 1.81. The van der Waals surface area contributed by atoms with Gasteiger partial charge in [-0.25, -0.2) is 0 Å². The van der Waals surface area contributed by atoms with Crippen LogP contribution in [0.1, 0.15) is 0 Å². The highest BCUT2D eigenvalue weighted by Crippen LogP contribution is 2.20. The predicted molar refractivity (Wildman–Crippen MR) is 56.9 cm³/mol. The number of thiazole rings is 1. The zero-order valence-corrected chi connectivity index (χ0v) is 8.43. The van der Waals surface area contributed by atoms with Gasteiger partial charge in [-0.2, -0.15) is 0 Å². The Labute approximate surface area is 85.0 Å². The van der Waals surface area contributed by atoms with Gasteiger partial charge in [0.2, 0.25) is 0 Å². The summed E-state index contributed by atoms with van der Waals surface area (Å²) >= 11 is 1.17.